The van der Waals surface area contributed by atoms with Crippen molar-refractivity contribution in [2.24, 2.45) is 5.92 Å². The Morgan fingerprint density at radius 1 is 1.58 bits per heavy atom. The van der Waals surface area contributed by atoms with Crippen LogP contribution in [-0.4, -0.2) is 35.9 Å². The molecule has 0 aliphatic carbocycles. The van der Waals surface area contributed by atoms with E-state index < -0.39 is 0 Å². The zero-order chi connectivity index (χ0) is 13.7. The van der Waals surface area contributed by atoms with Crippen molar-refractivity contribution in [2.45, 2.75) is 32.7 Å². The van der Waals surface area contributed by atoms with Crippen LogP contribution < -0.4 is 10.2 Å². The molecule has 0 amide bonds. The van der Waals surface area contributed by atoms with Crippen LogP contribution in [0.3, 0.4) is 0 Å². The third kappa shape index (κ3) is 3.65. The first kappa shape index (κ1) is 13.8. The number of rotatable bonds is 5. The summed E-state index contributed by atoms with van der Waals surface area (Å²) in [5.74, 6) is 1.24. The fourth-order valence-electron chi connectivity index (χ4n) is 2.51. The van der Waals surface area contributed by atoms with Crippen molar-refractivity contribution in [3.8, 4) is 6.07 Å². The Morgan fingerprint density at radius 3 is 3.05 bits per heavy atom. The summed E-state index contributed by atoms with van der Waals surface area (Å²) in [5, 5.41) is 20.8. The second-order valence-electron chi connectivity index (χ2n) is 5.47. The number of nitrogens with one attached hydrogen (secondary N) is 1. The van der Waals surface area contributed by atoms with Gasteiger partial charge >= 0.3 is 0 Å². The van der Waals surface area contributed by atoms with Crippen molar-refractivity contribution >= 4 is 5.82 Å². The average Bonchev–Trinajstić information content (AvgIpc) is 2.90. The van der Waals surface area contributed by atoms with Crippen LogP contribution in [0, 0.1) is 17.2 Å². The van der Waals surface area contributed by atoms with Crippen LogP contribution in [0.5, 0.6) is 0 Å². The molecule has 1 fully saturated rings. The highest BCUT2D eigenvalue weighted by Gasteiger charge is 2.21. The molecule has 1 saturated heterocycles. The minimum Gasteiger partial charge on any atom is -0.352 e. The summed E-state index contributed by atoms with van der Waals surface area (Å²) < 4.78 is 0. The molecule has 102 valence electrons. The largest absolute Gasteiger partial charge is 0.352 e. The van der Waals surface area contributed by atoms with Gasteiger partial charge in [-0.25, -0.2) is 0 Å². The zero-order valence-electron chi connectivity index (χ0n) is 11.6. The van der Waals surface area contributed by atoms with Crippen LogP contribution >= 0.6 is 0 Å². The number of nitrogens with zero attached hydrogens (tertiary/aromatic N) is 4. The van der Waals surface area contributed by atoms with Gasteiger partial charge in [0.15, 0.2) is 5.82 Å². The lowest BCUT2D eigenvalue weighted by molar-refractivity contribution is 0.536. The molecule has 0 bridgehead atoms. The highest BCUT2D eigenvalue weighted by atomic mass is 15.3. The van der Waals surface area contributed by atoms with Crippen LogP contribution in [0.1, 0.15) is 32.3 Å². The van der Waals surface area contributed by atoms with Gasteiger partial charge in [-0.2, -0.15) is 10.4 Å². The lowest BCUT2D eigenvalue weighted by atomic mass is 10.1. The van der Waals surface area contributed by atoms with E-state index in [2.05, 4.69) is 40.3 Å². The normalized spacial score (nSPS) is 18.5. The molecule has 0 aromatic carbocycles. The van der Waals surface area contributed by atoms with Crippen molar-refractivity contribution in [1.29, 1.82) is 5.26 Å². The Bertz CT molecular complexity index is 445. The minimum atomic E-state index is 0.493. The van der Waals surface area contributed by atoms with Crippen molar-refractivity contribution in [3.05, 3.63) is 17.8 Å². The summed E-state index contributed by atoms with van der Waals surface area (Å²) in [6.45, 7) is 7.23. The molecule has 1 N–H and O–H groups in total. The van der Waals surface area contributed by atoms with Gasteiger partial charge in [0.25, 0.3) is 0 Å². The summed E-state index contributed by atoms with van der Waals surface area (Å²) in [6, 6.07) is 4.44. The summed E-state index contributed by atoms with van der Waals surface area (Å²) >= 11 is 0. The van der Waals surface area contributed by atoms with E-state index in [1.807, 2.05) is 0 Å². The smallest absolute Gasteiger partial charge is 0.169 e. The first-order valence-electron chi connectivity index (χ1n) is 6.91. The summed E-state index contributed by atoms with van der Waals surface area (Å²) in [7, 11) is 0. The van der Waals surface area contributed by atoms with Crippen LogP contribution in [0.15, 0.2) is 12.3 Å². The van der Waals surface area contributed by atoms with E-state index in [1.165, 1.54) is 12.8 Å². The molecule has 1 aliphatic heterocycles. The lowest BCUT2D eigenvalue weighted by Crippen LogP contribution is -2.40. The van der Waals surface area contributed by atoms with Gasteiger partial charge in [0, 0.05) is 19.1 Å². The van der Waals surface area contributed by atoms with Gasteiger partial charge in [-0.15, -0.1) is 5.10 Å². The Kier molecular flexibility index (Phi) is 4.69. The third-order valence-electron chi connectivity index (χ3n) is 3.31. The van der Waals surface area contributed by atoms with E-state index in [9.17, 15) is 5.26 Å². The third-order valence-corrected chi connectivity index (χ3v) is 3.31. The van der Waals surface area contributed by atoms with Crippen molar-refractivity contribution in [3.63, 3.8) is 0 Å². The monoisotopic (exact) mass is 259 g/mol. The van der Waals surface area contributed by atoms with Gasteiger partial charge in [0.2, 0.25) is 0 Å². The maximum Gasteiger partial charge on any atom is 0.169 e. The van der Waals surface area contributed by atoms with Gasteiger partial charge < -0.3 is 10.2 Å². The molecule has 0 radical (unpaired) electrons. The lowest BCUT2D eigenvalue weighted by Gasteiger charge is -2.28. The first-order valence-corrected chi connectivity index (χ1v) is 6.91. The van der Waals surface area contributed by atoms with Crippen LogP contribution in [0.25, 0.3) is 0 Å². The van der Waals surface area contributed by atoms with E-state index in [-0.39, 0.29) is 0 Å². The Labute approximate surface area is 114 Å². The fraction of sp³-hybridized carbons (Fsp3) is 0.643. The molecule has 1 aromatic rings. The van der Waals surface area contributed by atoms with Gasteiger partial charge in [0.1, 0.15) is 6.07 Å². The molecule has 1 aliphatic rings. The average molecular weight is 259 g/mol. The molecule has 1 unspecified atom stereocenters. The molecule has 0 saturated carbocycles. The summed E-state index contributed by atoms with van der Waals surface area (Å²) in [6.07, 6.45) is 3.99. The minimum absolute atomic E-state index is 0.493. The second-order valence-corrected chi connectivity index (χ2v) is 5.47. The predicted octanol–water partition coefficient (Wildman–Crippen LogP) is 1.56. The molecule has 2 rings (SSSR count). The molecular formula is C14H21N5. The van der Waals surface area contributed by atoms with Gasteiger partial charge in [-0.3, -0.25) is 0 Å². The van der Waals surface area contributed by atoms with Crippen LogP contribution in [0.4, 0.5) is 5.82 Å². The van der Waals surface area contributed by atoms with Gasteiger partial charge in [0.05, 0.1) is 11.8 Å². The van der Waals surface area contributed by atoms with E-state index >= 15 is 0 Å². The highest BCUT2D eigenvalue weighted by Crippen LogP contribution is 2.19. The highest BCUT2D eigenvalue weighted by molar-refractivity contribution is 5.52. The van der Waals surface area contributed by atoms with Crippen LogP contribution in [0.2, 0.25) is 0 Å². The number of nitriles is 1. The van der Waals surface area contributed by atoms with E-state index in [1.54, 1.807) is 12.3 Å². The van der Waals surface area contributed by atoms with E-state index in [4.69, 9.17) is 0 Å². The molecular weight excluding hydrogens is 238 g/mol. The van der Waals surface area contributed by atoms with Gasteiger partial charge in [-0.05, 0) is 31.4 Å². The standard InChI is InChI=1S/C14H21N5/c1-11(2)9-19(10-13-4-3-6-16-13)14-12(8-15)5-7-17-18-14/h5,7,11,13,16H,3-4,6,9-10H2,1-2H3. The number of aromatic nitrogens is 2. The van der Waals surface area contributed by atoms with Crippen molar-refractivity contribution < 1.29 is 0 Å². The number of hydrogen-bond acceptors (Lipinski definition) is 5. The molecule has 2 heterocycles. The molecule has 1 atom stereocenters. The van der Waals surface area contributed by atoms with Crippen molar-refractivity contribution in [1.82, 2.24) is 15.5 Å². The van der Waals surface area contributed by atoms with E-state index in [0.29, 0.717) is 23.3 Å². The van der Waals surface area contributed by atoms with Gasteiger partial charge in [-0.1, -0.05) is 13.8 Å². The molecule has 19 heavy (non-hydrogen) atoms. The topological polar surface area (TPSA) is 64.8 Å². The maximum atomic E-state index is 9.20. The second kappa shape index (κ2) is 6.48. The summed E-state index contributed by atoms with van der Waals surface area (Å²) in [5.41, 5.74) is 0.605. The Balaban J connectivity index is 2.18. The first-order chi connectivity index (χ1) is 9.20. The zero-order valence-corrected chi connectivity index (χ0v) is 11.6. The Hall–Kier alpha value is -1.67. The SMILES string of the molecule is CC(C)CN(CC1CCCN1)c1nnccc1C#N. The molecule has 1 aromatic heterocycles. The number of hydrogen-bond donors (Lipinski definition) is 1. The molecule has 0 spiro atoms. The predicted molar refractivity (Wildman–Crippen MR) is 74.8 cm³/mol. The Morgan fingerprint density at radius 2 is 2.42 bits per heavy atom. The molecule has 5 nitrogen and oxygen atoms in total. The quantitative estimate of drug-likeness (QED) is 0.869. The molecule has 5 heteroatoms. The fourth-order valence-corrected chi connectivity index (χ4v) is 2.51. The van der Waals surface area contributed by atoms with Crippen LogP contribution in [-0.2, 0) is 0 Å². The maximum absolute atomic E-state index is 9.20. The van der Waals surface area contributed by atoms with Crippen molar-refractivity contribution in [2.75, 3.05) is 24.5 Å². The summed E-state index contributed by atoms with van der Waals surface area (Å²) in [4.78, 5) is 2.19. The number of anilines is 1. The van der Waals surface area contributed by atoms with E-state index in [0.717, 1.165) is 19.6 Å².